The second-order valence-corrected chi connectivity index (χ2v) is 7.87. The van der Waals surface area contributed by atoms with Gasteiger partial charge in [-0.25, -0.2) is 9.78 Å². The molecule has 0 radical (unpaired) electrons. The Hall–Kier alpha value is -1.91. The topological polar surface area (TPSA) is 96.3 Å². The summed E-state index contributed by atoms with van der Waals surface area (Å²) in [7, 11) is 5.16. The van der Waals surface area contributed by atoms with Crippen LogP contribution < -0.4 is 16.2 Å². The molecule has 0 unspecified atom stereocenters. The maximum absolute atomic E-state index is 12.8. The number of hydrogen-bond acceptors (Lipinski definition) is 7. The number of nitrogens with zero attached hydrogens (tertiary/aromatic N) is 3. The smallest absolute Gasteiger partial charge is 0.321 e. The molecular weight excluding hydrogens is 362 g/mol. The van der Waals surface area contributed by atoms with E-state index < -0.39 is 11.9 Å². The second-order valence-electron chi connectivity index (χ2n) is 5.85. The molecule has 2 N–H and O–H groups in total. The van der Waals surface area contributed by atoms with Crippen molar-refractivity contribution in [1.82, 2.24) is 25.1 Å². The summed E-state index contributed by atoms with van der Waals surface area (Å²) < 4.78 is 1.48. The third-order valence-corrected chi connectivity index (χ3v) is 6.18. The highest BCUT2D eigenvalue weighted by Gasteiger charge is 2.23. The second kappa shape index (κ2) is 7.14. The van der Waals surface area contributed by atoms with Crippen molar-refractivity contribution in [3.8, 4) is 0 Å². The Bertz CT molecular complexity index is 905. The van der Waals surface area contributed by atoms with Gasteiger partial charge >= 0.3 is 6.03 Å². The number of aromatic nitrogens is 2. The van der Waals surface area contributed by atoms with Crippen molar-refractivity contribution in [3.63, 3.8) is 0 Å². The van der Waals surface area contributed by atoms with E-state index in [0.717, 1.165) is 41.7 Å². The molecule has 3 amide bonds. The number of imide groups is 1. The van der Waals surface area contributed by atoms with E-state index in [1.807, 2.05) is 0 Å². The number of fused-ring (bicyclic) bond motifs is 3. The van der Waals surface area contributed by atoms with Gasteiger partial charge in [0.25, 0.3) is 5.56 Å². The van der Waals surface area contributed by atoms with Crippen molar-refractivity contribution in [1.29, 1.82) is 0 Å². The molecular formula is C15H19N5O3S2. The van der Waals surface area contributed by atoms with Crippen LogP contribution in [0.25, 0.3) is 10.2 Å². The van der Waals surface area contributed by atoms with Gasteiger partial charge in [-0.1, -0.05) is 11.8 Å². The number of rotatable bonds is 3. The summed E-state index contributed by atoms with van der Waals surface area (Å²) in [4.78, 5) is 44.4. The molecule has 0 saturated heterocycles. The predicted molar refractivity (Wildman–Crippen MR) is 98.2 cm³/mol. The molecule has 0 aliphatic carbocycles. The summed E-state index contributed by atoms with van der Waals surface area (Å²) in [5.41, 5.74) is 1.03. The summed E-state index contributed by atoms with van der Waals surface area (Å²) in [6.45, 7) is 1.76. The van der Waals surface area contributed by atoms with Gasteiger partial charge in [0.1, 0.15) is 4.83 Å². The van der Waals surface area contributed by atoms with Gasteiger partial charge in [-0.3, -0.25) is 19.5 Å². The molecule has 134 valence electrons. The molecule has 8 nitrogen and oxygen atoms in total. The maximum Gasteiger partial charge on any atom is 0.321 e. The van der Waals surface area contributed by atoms with Crippen LogP contribution in [-0.4, -0.2) is 52.8 Å². The normalized spacial score (nSPS) is 14.4. The average Bonchev–Trinajstić information content (AvgIpc) is 2.93. The first kappa shape index (κ1) is 17.9. The van der Waals surface area contributed by atoms with Crippen LogP contribution in [0.3, 0.4) is 0 Å². The van der Waals surface area contributed by atoms with Gasteiger partial charge in [-0.05, 0) is 19.0 Å². The number of amides is 3. The number of likely N-dealkylation sites (N-methyl/N-ethyl adjacent to an activating group) is 1. The van der Waals surface area contributed by atoms with Crippen molar-refractivity contribution in [3.05, 3.63) is 20.8 Å². The van der Waals surface area contributed by atoms with Gasteiger partial charge in [0.15, 0.2) is 5.16 Å². The van der Waals surface area contributed by atoms with Crippen LogP contribution in [0.4, 0.5) is 4.79 Å². The summed E-state index contributed by atoms with van der Waals surface area (Å²) in [5, 5.41) is 5.68. The van der Waals surface area contributed by atoms with Crippen LogP contribution in [0.2, 0.25) is 0 Å². The molecule has 0 saturated carbocycles. The minimum atomic E-state index is -0.557. The summed E-state index contributed by atoms with van der Waals surface area (Å²) >= 11 is 2.68. The van der Waals surface area contributed by atoms with E-state index in [1.54, 1.807) is 18.4 Å². The molecule has 2 aromatic rings. The minimum absolute atomic E-state index is 0.00698. The Balaban J connectivity index is 1.88. The van der Waals surface area contributed by atoms with Crippen LogP contribution in [0, 0.1) is 0 Å². The van der Waals surface area contributed by atoms with E-state index in [9.17, 15) is 14.4 Å². The van der Waals surface area contributed by atoms with E-state index >= 15 is 0 Å². The Labute approximate surface area is 152 Å². The Morgan fingerprint density at radius 2 is 2.12 bits per heavy atom. The third-order valence-electron chi connectivity index (χ3n) is 4.04. The fourth-order valence-electron chi connectivity index (χ4n) is 2.72. The van der Waals surface area contributed by atoms with Crippen LogP contribution in [0.5, 0.6) is 0 Å². The monoisotopic (exact) mass is 381 g/mol. The highest BCUT2D eigenvalue weighted by atomic mass is 32.2. The van der Waals surface area contributed by atoms with Crippen molar-refractivity contribution in [2.45, 2.75) is 18.1 Å². The van der Waals surface area contributed by atoms with Crippen LogP contribution in [-0.2, 0) is 24.8 Å². The highest BCUT2D eigenvalue weighted by Crippen LogP contribution is 2.33. The quantitative estimate of drug-likeness (QED) is 0.595. The first-order valence-corrected chi connectivity index (χ1v) is 9.55. The van der Waals surface area contributed by atoms with Gasteiger partial charge in [0, 0.05) is 32.1 Å². The fraction of sp³-hybridized carbons (Fsp3) is 0.467. The van der Waals surface area contributed by atoms with Gasteiger partial charge < -0.3 is 10.2 Å². The molecule has 0 aromatic carbocycles. The maximum atomic E-state index is 12.8. The molecule has 1 aliphatic heterocycles. The SMILES string of the molecule is CNC(=O)NC(=O)CSc1nc2sc3c(c2c(=O)n1C)CCN(C)C3. The van der Waals surface area contributed by atoms with Crippen molar-refractivity contribution in [2.75, 3.05) is 26.4 Å². The molecule has 0 bridgehead atoms. The molecule has 1 aliphatic rings. The van der Waals surface area contributed by atoms with Gasteiger partial charge in [0.05, 0.1) is 11.1 Å². The van der Waals surface area contributed by atoms with Crippen LogP contribution in [0.1, 0.15) is 10.4 Å². The summed E-state index contributed by atoms with van der Waals surface area (Å²) in [5.74, 6) is -0.432. The standard InChI is InChI=1S/C15H19N5O3S2/c1-16-14(23)17-10(21)7-24-15-18-12-11(13(22)20(15)3)8-4-5-19(2)6-9(8)25-12/h4-7H2,1-3H3,(H2,16,17,21,23). The Morgan fingerprint density at radius 3 is 2.84 bits per heavy atom. The predicted octanol–water partition coefficient (Wildman–Crippen LogP) is 0.531. The summed E-state index contributed by atoms with van der Waals surface area (Å²) in [6.07, 6.45) is 0.851. The van der Waals surface area contributed by atoms with E-state index in [1.165, 1.54) is 16.5 Å². The van der Waals surface area contributed by atoms with Crippen LogP contribution >= 0.6 is 23.1 Å². The zero-order chi connectivity index (χ0) is 18.1. The van der Waals surface area contributed by atoms with E-state index in [4.69, 9.17) is 0 Å². The first-order chi connectivity index (χ1) is 11.9. The lowest BCUT2D eigenvalue weighted by atomic mass is 10.1. The Morgan fingerprint density at radius 1 is 1.36 bits per heavy atom. The number of thioether (sulfide) groups is 1. The van der Waals surface area contributed by atoms with E-state index in [0.29, 0.717) is 10.5 Å². The largest absolute Gasteiger partial charge is 0.341 e. The molecule has 3 heterocycles. The summed E-state index contributed by atoms with van der Waals surface area (Å²) in [6, 6.07) is -0.557. The van der Waals surface area contributed by atoms with Gasteiger partial charge in [0.2, 0.25) is 5.91 Å². The number of urea groups is 1. The Kier molecular flexibility index (Phi) is 5.11. The van der Waals surface area contributed by atoms with Gasteiger partial charge in [-0.2, -0.15) is 0 Å². The van der Waals surface area contributed by atoms with E-state index in [-0.39, 0.29) is 11.3 Å². The van der Waals surface area contributed by atoms with Crippen molar-refractivity contribution < 1.29 is 9.59 Å². The lowest BCUT2D eigenvalue weighted by Gasteiger charge is -2.21. The lowest BCUT2D eigenvalue weighted by Crippen LogP contribution is -2.38. The molecule has 0 atom stereocenters. The molecule has 2 aromatic heterocycles. The number of nitrogens with one attached hydrogen (secondary N) is 2. The molecule has 0 spiro atoms. The molecule has 0 fully saturated rings. The third kappa shape index (κ3) is 3.55. The van der Waals surface area contributed by atoms with Crippen molar-refractivity contribution >= 4 is 45.3 Å². The number of hydrogen-bond donors (Lipinski definition) is 2. The van der Waals surface area contributed by atoms with Gasteiger partial charge in [-0.15, -0.1) is 11.3 Å². The average molecular weight is 381 g/mol. The fourth-order valence-corrected chi connectivity index (χ4v) is 4.83. The lowest BCUT2D eigenvalue weighted by molar-refractivity contribution is -0.117. The first-order valence-electron chi connectivity index (χ1n) is 7.75. The van der Waals surface area contributed by atoms with E-state index in [2.05, 4.69) is 27.6 Å². The zero-order valence-electron chi connectivity index (χ0n) is 14.2. The molecule has 10 heteroatoms. The number of thiophene rings is 1. The number of carbonyl (C=O) groups is 2. The van der Waals surface area contributed by atoms with Crippen LogP contribution in [0.15, 0.2) is 9.95 Å². The highest BCUT2D eigenvalue weighted by molar-refractivity contribution is 7.99. The zero-order valence-corrected chi connectivity index (χ0v) is 15.8. The number of carbonyl (C=O) groups excluding carboxylic acids is 2. The minimum Gasteiger partial charge on any atom is -0.341 e. The molecule has 3 rings (SSSR count). The molecule has 25 heavy (non-hydrogen) atoms. The van der Waals surface area contributed by atoms with Crippen molar-refractivity contribution in [2.24, 2.45) is 7.05 Å².